The van der Waals surface area contributed by atoms with Gasteiger partial charge in [-0.3, -0.25) is 0 Å². The van der Waals surface area contributed by atoms with Crippen molar-refractivity contribution < 1.29 is 4.74 Å². The molecule has 3 heteroatoms. The molecule has 0 atom stereocenters. The lowest BCUT2D eigenvalue weighted by atomic mass is 10.2. The van der Waals surface area contributed by atoms with Gasteiger partial charge in [-0.1, -0.05) is 13.3 Å². The van der Waals surface area contributed by atoms with Crippen LogP contribution in [0.3, 0.4) is 0 Å². The summed E-state index contributed by atoms with van der Waals surface area (Å²) in [4.78, 5) is 8.74. The molecule has 0 aliphatic rings. The number of aryl methyl sites for hydroxylation is 1. The Kier molecular flexibility index (Phi) is 3.70. The molecule has 0 saturated carbocycles. The average Bonchev–Trinajstić information content (AvgIpc) is 2.40. The molecule has 0 saturated heterocycles. The maximum absolute atomic E-state index is 5.12. The van der Waals surface area contributed by atoms with Gasteiger partial charge in [0.25, 0.3) is 0 Å². The lowest BCUT2D eigenvalue weighted by Crippen LogP contribution is -1.92. The van der Waals surface area contributed by atoms with E-state index < -0.39 is 0 Å². The molecule has 3 nitrogen and oxygen atoms in total. The van der Waals surface area contributed by atoms with Gasteiger partial charge in [0.15, 0.2) is 5.82 Å². The van der Waals surface area contributed by atoms with Gasteiger partial charge < -0.3 is 4.74 Å². The zero-order valence-corrected chi connectivity index (χ0v) is 10.2. The van der Waals surface area contributed by atoms with Crippen LogP contribution < -0.4 is 4.74 Å². The Bertz CT molecular complexity index is 463. The van der Waals surface area contributed by atoms with Crippen molar-refractivity contribution in [2.75, 3.05) is 7.11 Å². The molecular formula is C14H16N2O. The van der Waals surface area contributed by atoms with Gasteiger partial charge in [0.1, 0.15) is 5.75 Å². The summed E-state index contributed by atoms with van der Waals surface area (Å²) in [5.74, 6) is 1.60. The molecule has 88 valence electrons. The number of hydrogen-bond acceptors (Lipinski definition) is 3. The van der Waals surface area contributed by atoms with Crippen molar-refractivity contribution in [2.45, 2.75) is 19.8 Å². The Morgan fingerprint density at radius 3 is 2.24 bits per heavy atom. The highest BCUT2D eigenvalue weighted by Gasteiger charge is 2.01. The van der Waals surface area contributed by atoms with E-state index in [-0.39, 0.29) is 0 Å². The van der Waals surface area contributed by atoms with E-state index in [4.69, 9.17) is 4.74 Å². The SMILES string of the molecule is CCCc1cnc(-c2ccc(OC)cc2)nc1. The van der Waals surface area contributed by atoms with Gasteiger partial charge in [0.05, 0.1) is 7.11 Å². The molecule has 0 aliphatic carbocycles. The Hall–Kier alpha value is -1.90. The summed E-state index contributed by atoms with van der Waals surface area (Å²) in [6.07, 6.45) is 5.94. The maximum Gasteiger partial charge on any atom is 0.159 e. The molecule has 17 heavy (non-hydrogen) atoms. The number of hydrogen-bond donors (Lipinski definition) is 0. The number of benzene rings is 1. The van der Waals surface area contributed by atoms with Crippen LogP contribution in [0, 0.1) is 0 Å². The van der Waals surface area contributed by atoms with E-state index >= 15 is 0 Å². The normalized spacial score (nSPS) is 10.2. The van der Waals surface area contributed by atoms with Crippen LogP contribution in [-0.4, -0.2) is 17.1 Å². The standard InChI is InChI=1S/C14H16N2O/c1-3-4-11-9-15-14(16-10-11)12-5-7-13(17-2)8-6-12/h5-10H,3-4H2,1-2H3. The van der Waals surface area contributed by atoms with Gasteiger partial charge in [0.2, 0.25) is 0 Å². The molecule has 2 rings (SSSR count). The Morgan fingerprint density at radius 1 is 1.06 bits per heavy atom. The number of methoxy groups -OCH3 is 1. The van der Waals surface area contributed by atoms with E-state index in [0.29, 0.717) is 0 Å². The molecule has 0 radical (unpaired) electrons. The molecule has 1 heterocycles. The van der Waals surface area contributed by atoms with E-state index in [1.54, 1.807) is 7.11 Å². The molecule has 1 aromatic carbocycles. The quantitative estimate of drug-likeness (QED) is 0.806. The van der Waals surface area contributed by atoms with E-state index in [1.165, 1.54) is 5.56 Å². The minimum absolute atomic E-state index is 0.757. The highest BCUT2D eigenvalue weighted by molar-refractivity contribution is 5.55. The van der Waals surface area contributed by atoms with Crippen LogP contribution in [0.15, 0.2) is 36.7 Å². The number of rotatable bonds is 4. The molecule has 0 aliphatic heterocycles. The van der Waals surface area contributed by atoms with E-state index in [9.17, 15) is 0 Å². The van der Waals surface area contributed by atoms with Crippen LogP contribution in [0.25, 0.3) is 11.4 Å². The second kappa shape index (κ2) is 5.43. The zero-order chi connectivity index (χ0) is 12.1. The maximum atomic E-state index is 5.12. The van der Waals surface area contributed by atoms with Crippen LogP contribution in [0.2, 0.25) is 0 Å². The fraction of sp³-hybridized carbons (Fsp3) is 0.286. The monoisotopic (exact) mass is 228 g/mol. The van der Waals surface area contributed by atoms with E-state index in [2.05, 4.69) is 16.9 Å². The van der Waals surface area contributed by atoms with Gasteiger partial charge in [0, 0.05) is 18.0 Å². The minimum Gasteiger partial charge on any atom is -0.497 e. The van der Waals surface area contributed by atoms with Crippen LogP contribution in [0.5, 0.6) is 5.75 Å². The summed E-state index contributed by atoms with van der Waals surface area (Å²) < 4.78 is 5.12. The first-order chi connectivity index (χ1) is 8.33. The first-order valence-corrected chi connectivity index (χ1v) is 5.79. The fourth-order valence-electron chi connectivity index (χ4n) is 1.66. The smallest absolute Gasteiger partial charge is 0.159 e. The molecule has 0 fully saturated rings. The van der Waals surface area contributed by atoms with Crippen molar-refractivity contribution in [3.63, 3.8) is 0 Å². The van der Waals surface area contributed by atoms with Gasteiger partial charge in [-0.15, -0.1) is 0 Å². The number of ether oxygens (including phenoxy) is 1. The molecule has 1 aromatic heterocycles. The van der Waals surface area contributed by atoms with Crippen molar-refractivity contribution in [1.29, 1.82) is 0 Å². The molecule has 0 N–H and O–H groups in total. The molecular weight excluding hydrogens is 212 g/mol. The van der Waals surface area contributed by atoms with Gasteiger partial charge >= 0.3 is 0 Å². The third-order valence-electron chi connectivity index (χ3n) is 2.59. The van der Waals surface area contributed by atoms with Crippen molar-refractivity contribution in [2.24, 2.45) is 0 Å². The van der Waals surface area contributed by atoms with Crippen molar-refractivity contribution in [3.05, 3.63) is 42.2 Å². The zero-order valence-electron chi connectivity index (χ0n) is 10.2. The predicted octanol–water partition coefficient (Wildman–Crippen LogP) is 3.10. The van der Waals surface area contributed by atoms with Crippen LogP contribution in [0.4, 0.5) is 0 Å². The van der Waals surface area contributed by atoms with Gasteiger partial charge in [-0.2, -0.15) is 0 Å². The molecule has 0 spiro atoms. The fourth-order valence-corrected chi connectivity index (χ4v) is 1.66. The van der Waals surface area contributed by atoms with Crippen LogP contribution >= 0.6 is 0 Å². The summed E-state index contributed by atoms with van der Waals surface area (Å²) >= 11 is 0. The van der Waals surface area contributed by atoms with Crippen molar-refractivity contribution in [3.8, 4) is 17.1 Å². The molecule has 2 aromatic rings. The molecule has 0 amide bonds. The third-order valence-corrected chi connectivity index (χ3v) is 2.59. The number of nitrogens with zero attached hydrogens (tertiary/aromatic N) is 2. The summed E-state index contributed by atoms with van der Waals surface area (Å²) in [5, 5.41) is 0. The second-order valence-electron chi connectivity index (χ2n) is 3.89. The largest absolute Gasteiger partial charge is 0.497 e. The third kappa shape index (κ3) is 2.81. The van der Waals surface area contributed by atoms with Crippen molar-refractivity contribution in [1.82, 2.24) is 9.97 Å². The first-order valence-electron chi connectivity index (χ1n) is 5.79. The summed E-state index contributed by atoms with van der Waals surface area (Å²) in [7, 11) is 1.66. The van der Waals surface area contributed by atoms with Crippen LogP contribution in [0.1, 0.15) is 18.9 Å². The van der Waals surface area contributed by atoms with Gasteiger partial charge in [-0.05, 0) is 36.2 Å². The first kappa shape index (κ1) is 11.6. The average molecular weight is 228 g/mol. The predicted molar refractivity (Wildman–Crippen MR) is 68.0 cm³/mol. The van der Waals surface area contributed by atoms with Gasteiger partial charge in [-0.25, -0.2) is 9.97 Å². The minimum atomic E-state index is 0.757. The molecule has 0 bridgehead atoms. The second-order valence-corrected chi connectivity index (χ2v) is 3.89. The summed E-state index contributed by atoms with van der Waals surface area (Å²) in [6.45, 7) is 2.15. The topological polar surface area (TPSA) is 35.0 Å². The molecule has 0 unspecified atom stereocenters. The summed E-state index contributed by atoms with van der Waals surface area (Å²) in [5.41, 5.74) is 2.19. The summed E-state index contributed by atoms with van der Waals surface area (Å²) in [6, 6.07) is 7.76. The number of aromatic nitrogens is 2. The lowest BCUT2D eigenvalue weighted by Gasteiger charge is -2.03. The van der Waals surface area contributed by atoms with E-state index in [0.717, 1.165) is 30.0 Å². The van der Waals surface area contributed by atoms with Crippen molar-refractivity contribution >= 4 is 0 Å². The van der Waals surface area contributed by atoms with E-state index in [1.807, 2.05) is 36.7 Å². The highest BCUT2D eigenvalue weighted by Crippen LogP contribution is 2.18. The Morgan fingerprint density at radius 2 is 1.71 bits per heavy atom. The Labute approximate surface area is 102 Å². The Balaban J connectivity index is 2.20. The van der Waals surface area contributed by atoms with Crippen LogP contribution in [-0.2, 0) is 6.42 Å². The lowest BCUT2D eigenvalue weighted by molar-refractivity contribution is 0.415. The highest BCUT2D eigenvalue weighted by atomic mass is 16.5.